The number of oxime groups is 1. The molecule has 1 aromatic carbocycles. The van der Waals surface area contributed by atoms with E-state index in [1.54, 1.807) is 12.1 Å². The number of amidine groups is 1. The van der Waals surface area contributed by atoms with Crippen LogP contribution in [0.25, 0.3) is 0 Å². The number of hydrogen-bond donors (Lipinski definition) is 3. The van der Waals surface area contributed by atoms with E-state index in [1.165, 1.54) is 6.07 Å². The van der Waals surface area contributed by atoms with Gasteiger partial charge in [0.25, 0.3) is 0 Å². The van der Waals surface area contributed by atoms with Gasteiger partial charge in [0.1, 0.15) is 5.82 Å². The fourth-order valence-electron chi connectivity index (χ4n) is 2.55. The van der Waals surface area contributed by atoms with Crippen LogP contribution in [0.2, 0.25) is 0 Å². The molecule has 6 nitrogen and oxygen atoms in total. The Morgan fingerprint density at radius 3 is 2.86 bits per heavy atom. The van der Waals surface area contributed by atoms with Crippen LogP contribution in [0, 0.1) is 5.82 Å². The van der Waals surface area contributed by atoms with Crippen molar-refractivity contribution >= 4 is 11.5 Å². The van der Waals surface area contributed by atoms with Crippen molar-refractivity contribution < 1.29 is 19.4 Å². The molecule has 116 valence electrons. The first-order valence-electron chi connectivity index (χ1n) is 6.67. The van der Waals surface area contributed by atoms with E-state index in [4.69, 9.17) is 15.7 Å². The Kier molecular flexibility index (Phi) is 4.34. The number of hydrogen-bond acceptors (Lipinski definition) is 5. The maximum Gasteiger partial charge on any atom is 0.170 e. The first-order chi connectivity index (χ1) is 9.86. The molecule has 1 aliphatic rings. The average molecular weight is 297 g/mol. The van der Waals surface area contributed by atoms with Crippen molar-refractivity contribution in [3.8, 4) is 0 Å². The van der Waals surface area contributed by atoms with E-state index in [0.717, 1.165) is 0 Å². The Balaban J connectivity index is 2.29. The van der Waals surface area contributed by atoms with Crippen LogP contribution in [-0.4, -0.2) is 47.6 Å². The van der Waals surface area contributed by atoms with E-state index in [-0.39, 0.29) is 18.5 Å². The molecule has 1 saturated heterocycles. The molecule has 1 atom stereocenters. The van der Waals surface area contributed by atoms with Crippen LogP contribution in [0.15, 0.2) is 23.4 Å². The molecule has 7 heteroatoms. The molecule has 0 radical (unpaired) electrons. The molecule has 0 saturated carbocycles. The SMILES string of the molecule is CC1(C)CN(c2ccc(/C(N)=N/O)cc2F)CC(CO)O1. The first-order valence-corrected chi connectivity index (χ1v) is 6.67. The van der Waals surface area contributed by atoms with Crippen molar-refractivity contribution in [2.45, 2.75) is 25.6 Å². The fraction of sp³-hybridized carbons (Fsp3) is 0.500. The highest BCUT2D eigenvalue weighted by Gasteiger charge is 2.34. The Bertz CT molecular complexity index is 548. The Hall–Kier alpha value is -1.86. The highest BCUT2D eigenvalue weighted by atomic mass is 19.1. The molecule has 2 rings (SSSR count). The summed E-state index contributed by atoms with van der Waals surface area (Å²) in [4.78, 5) is 1.83. The van der Waals surface area contributed by atoms with Gasteiger partial charge in [-0.2, -0.15) is 0 Å². The number of rotatable bonds is 3. The number of morpholine rings is 1. The van der Waals surface area contributed by atoms with Crippen LogP contribution in [-0.2, 0) is 4.74 Å². The van der Waals surface area contributed by atoms with Gasteiger partial charge < -0.3 is 25.7 Å². The molecule has 1 unspecified atom stereocenters. The summed E-state index contributed by atoms with van der Waals surface area (Å²) < 4.78 is 20.0. The van der Waals surface area contributed by atoms with Gasteiger partial charge in [0.05, 0.1) is 24.0 Å². The minimum Gasteiger partial charge on any atom is -0.409 e. The summed E-state index contributed by atoms with van der Waals surface area (Å²) in [5.74, 6) is -0.607. The van der Waals surface area contributed by atoms with Gasteiger partial charge in [-0.05, 0) is 32.0 Å². The summed E-state index contributed by atoms with van der Waals surface area (Å²) in [6.45, 7) is 4.57. The monoisotopic (exact) mass is 297 g/mol. The highest BCUT2D eigenvalue weighted by molar-refractivity contribution is 5.97. The molecule has 1 heterocycles. The number of nitrogens with two attached hydrogens (primary N) is 1. The van der Waals surface area contributed by atoms with Gasteiger partial charge in [0.2, 0.25) is 0 Å². The second kappa shape index (κ2) is 5.87. The Morgan fingerprint density at radius 2 is 2.29 bits per heavy atom. The van der Waals surface area contributed by atoms with Crippen LogP contribution in [0.1, 0.15) is 19.4 Å². The fourth-order valence-corrected chi connectivity index (χ4v) is 2.55. The van der Waals surface area contributed by atoms with Crippen molar-refractivity contribution in [2.75, 3.05) is 24.6 Å². The van der Waals surface area contributed by atoms with Crippen LogP contribution < -0.4 is 10.6 Å². The van der Waals surface area contributed by atoms with Crippen LogP contribution in [0.3, 0.4) is 0 Å². The zero-order chi connectivity index (χ0) is 15.6. The summed E-state index contributed by atoms with van der Waals surface area (Å²) >= 11 is 0. The van der Waals surface area contributed by atoms with Gasteiger partial charge in [0, 0.05) is 18.7 Å². The number of benzene rings is 1. The predicted molar refractivity (Wildman–Crippen MR) is 77.2 cm³/mol. The molecule has 0 aliphatic carbocycles. The van der Waals surface area contributed by atoms with E-state index >= 15 is 0 Å². The highest BCUT2D eigenvalue weighted by Crippen LogP contribution is 2.28. The van der Waals surface area contributed by atoms with E-state index in [0.29, 0.717) is 24.3 Å². The predicted octanol–water partition coefficient (Wildman–Crippen LogP) is 0.896. The Labute approximate surface area is 122 Å². The van der Waals surface area contributed by atoms with Gasteiger partial charge >= 0.3 is 0 Å². The van der Waals surface area contributed by atoms with Gasteiger partial charge in [-0.3, -0.25) is 0 Å². The summed E-state index contributed by atoms with van der Waals surface area (Å²) in [6.07, 6.45) is -0.364. The molecule has 0 amide bonds. The molecule has 1 fully saturated rings. The van der Waals surface area contributed by atoms with Crippen molar-refractivity contribution in [1.82, 2.24) is 0 Å². The van der Waals surface area contributed by atoms with E-state index < -0.39 is 11.4 Å². The molecule has 0 aromatic heterocycles. The van der Waals surface area contributed by atoms with Crippen LogP contribution in [0.5, 0.6) is 0 Å². The summed E-state index contributed by atoms with van der Waals surface area (Å²) in [5.41, 5.74) is 5.67. The lowest BCUT2D eigenvalue weighted by atomic mass is 10.0. The topological polar surface area (TPSA) is 91.3 Å². The summed E-state index contributed by atoms with van der Waals surface area (Å²) in [6, 6.07) is 4.39. The van der Waals surface area contributed by atoms with Gasteiger partial charge in [-0.25, -0.2) is 4.39 Å². The van der Waals surface area contributed by atoms with E-state index in [2.05, 4.69) is 5.16 Å². The van der Waals surface area contributed by atoms with Crippen molar-refractivity contribution in [1.29, 1.82) is 0 Å². The molecule has 21 heavy (non-hydrogen) atoms. The zero-order valence-electron chi connectivity index (χ0n) is 12.1. The van der Waals surface area contributed by atoms with Crippen LogP contribution >= 0.6 is 0 Å². The summed E-state index contributed by atoms with van der Waals surface area (Å²) in [5, 5.41) is 20.8. The Morgan fingerprint density at radius 1 is 1.57 bits per heavy atom. The number of aliphatic hydroxyl groups excluding tert-OH is 1. The lowest BCUT2D eigenvalue weighted by molar-refractivity contribution is -0.101. The van der Waals surface area contributed by atoms with E-state index in [9.17, 15) is 9.50 Å². The lowest BCUT2D eigenvalue weighted by Gasteiger charge is -2.43. The minimum atomic E-state index is -0.484. The van der Waals surface area contributed by atoms with Crippen molar-refractivity contribution in [3.05, 3.63) is 29.6 Å². The molecule has 1 aromatic rings. The normalized spacial score (nSPS) is 22.4. The number of nitrogens with zero attached hydrogens (tertiary/aromatic N) is 2. The number of halogens is 1. The molecule has 0 bridgehead atoms. The maximum atomic E-state index is 14.3. The minimum absolute atomic E-state index is 0.121. The second-order valence-electron chi connectivity index (χ2n) is 5.71. The standard InChI is InChI=1S/C14H20FN3O3/c1-14(2)8-18(6-10(7-19)21-14)12-4-3-9(5-11(12)15)13(16)17-20/h3-5,10,19-20H,6-8H2,1-2H3,(H2,16,17). The average Bonchev–Trinajstić information content (AvgIpc) is 2.44. The maximum absolute atomic E-state index is 14.3. The number of ether oxygens (including phenoxy) is 1. The smallest absolute Gasteiger partial charge is 0.170 e. The summed E-state index contributed by atoms with van der Waals surface area (Å²) in [7, 11) is 0. The van der Waals surface area contributed by atoms with Gasteiger partial charge in [0.15, 0.2) is 5.84 Å². The molecule has 0 spiro atoms. The van der Waals surface area contributed by atoms with Gasteiger partial charge in [-0.1, -0.05) is 5.16 Å². The molecular weight excluding hydrogens is 277 g/mol. The first kappa shape index (κ1) is 15.5. The van der Waals surface area contributed by atoms with Gasteiger partial charge in [-0.15, -0.1) is 0 Å². The lowest BCUT2D eigenvalue weighted by Crippen LogP contribution is -2.54. The van der Waals surface area contributed by atoms with E-state index in [1.807, 2.05) is 18.7 Å². The third kappa shape index (κ3) is 3.43. The third-order valence-electron chi connectivity index (χ3n) is 3.38. The molecular formula is C14H20FN3O3. The number of aliphatic hydroxyl groups is 1. The van der Waals surface area contributed by atoms with Crippen molar-refractivity contribution in [2.24, 2.45) is 10.9 Å². The largest absolute Gasteiger partial charge is 0.409 e. The quantitative estimate of drug-likeness (QED) is 0.334. The second-order valence-corrected chi connectivity index (χ2v) is 5.71. The molecule has 4 N–H and O–H groups in total. The zero-order valence-corrected chi connectivity index (χ0v) is 12.1. The van der Waals surface area contributed by atoms with Crippen LogP contribution in [0.4, 0.5) is 10.1 Å². The number of anilines is 1. The molecule has 1 aliphatic heterocycles. The third-order valence-corrected chi connectivity index (χ3v) is 3.38. The van der Waals surface area contributed by atoms with Crippen molar-refractivity contribution in [3.63, 3.8) is 0 Å².